The molecule has 0 rings (SSSR count). The predicted molar refractivity (Wildman–Crippen MR) is 36.4 cm³/mol. The van der Waals surface area contributed by atoms with Crippen LogP contribution in [0.2, 0.25) is 0 Å². The Hall–Kier alpha value is -1.26. The van der Waals surface area contributed by atoms with Gasteiger partial charge >= 0.3 is 5.97 Å². The van der Waals surface area contributed by atoms with Crippen molar-refractivity contribution in [2.24, 2.45) is 0 Å². The molecule has 5 heteroatoms. The van der Waals surface area contributed by atoms with Gasteiger partial charge in [0.15, 0.2) is 5.83 Å². The van der Waals surface area contributed by atoms with E-state index in [0.717, 1.165) is 6.08 Å². The Bertz CT molecular complexity index is 243. The van der Waals surface area contributed by atoms with Gasteiger partial charge < -0.3 is 5.11 Å². The van der Waals surface area contributed by atoms with Crippen molar-refractivity contribution in [1.29, 1.82) is 0 Å². The number of carboxylic acids is 1. The van der Waals surface area contributed by atoms with Crippen LogP contribution in [0.1, 0.15) is 13.3 Å². The van der Waals surface area contributed by atoms with E-state index >= 15 is 0 Å². The fourth-order valence-corrected chi connectivity index (χ4v) is 0.468. The summed E-state index contributed by atoms with van der Waals surface area (Å²) in [6.07, 6.45) is 0.907. The lowest BCUT2D eigenvalue weighted by Crippen LogP contribution is -1.97. The highest BCUT2D eigenvalue weighted by atomic mass is 19.2. The van der Waals surface area contributed by atoms with Gasteiger partial charge in [-0.25, -0.2) is 13.6 Å². The topological polar surface area (TPSA) is 37.3 Å². The molecule has 0 atom stereocenters. The Labute approximate surface area is 67.0 Å². The van der Waals surface area contributed by atoms with Crippen molar-refractivity contribution >= 4 is 5.97 Å². The monoisotopic (exact) mass is 180 g/mol. The molecule has 0 amide bonds. The fraction of sp³-hybridized carbons (Fsp3) is 0.286. The highest BCUT2D eigenvalue weighted by molar-refractivity contribution is 5.85. The summed E-state index contributed by atoms with van der Waals surface area (Å²) in [4.78, 5) is 9.78. The van der Waals surface area contributed by atoms with Gasteiger partial charge in [0.05, 0.1) is 0 Å². The van der Waals surface area contributed by atoms with Crippen molar-refractivity contribution in [1.82, 2.24) is 0 Å². The highest BCUT2D eigenvalue weighted by Gasteiger charge is 2.17. The Kier molecular flexibility index (Phi) is 4.10. The number of halogens is 3. The fourth-order valence-electron chi connectivity index (χ4n) is 0.468. The number of hydrogen-bond acceptors (Lipinski definition) is 1. The van der Waals surface area contributed by atoms with E-state index in [1.807, 2.05) is 0 Å². The average Bonchev–Trinajstić information content (AvgIpc) is 2.02. The summed E-state index contributed by atoms with van der Waals surface area (Å²) in [5, 5.41) is 7.90. The van der Waals surface area contributed by atoms with Crippen LogP contribution in [-0.4, -0.2) is 11.1 Å². The molecule has 0 heterocycles. The molecule has 0 saturated carbocycles. The van der Waals surface area contributed by atoms with E-state index in [1.165, 1.54) is 6.92 Å². The van der Waals surface area contributed by atoms with E-state index in [2.05, 4.69) is 0 Å². The Morgan fingerprint density at radius 3 is 2.17 bits per heavy atom. The van der Waals surface area contributed by atoms with Gasteiger partial charge in [-0.05, 0) is 12.5 Å². The minimum absolute atomic E-state index is 0.159. The summed E-state index contributed by atoms with van der Waals surface area (Å²) in [6, 6.07) is 0. The first-order valence-electron chi connectivity index (χ1n) is 3.15. The third-order valence-electron chi connectivity index (χ3n) is 0.973. The smallest absolute Gasteiger partial charge is 0.367 e. The van der Waals surface area contributed by atoms with Gasteiger partial charge in [0.2, 0.25) is 11.7 Å². The second kappa shape index (κ2) is 4.58. The van der Waals surface area contributed by atoms with Crippen LogP contribution in [0.4, 0.5) is 13.2 Å². The summed E-state index contributed by atoms with van der Waals surface area (Å²) in [6.45, 7) is 1.51. The lowest BCUT2D eigenvalue weighted by molar-refractivity contribution is -0.134. The van der Waals surface area contributed by atoms with Crippen LogP contribution in [0.25, 0.3) is 0 Å². The Morgan fingerprint density at radius 1 is 1.33 bits per heavy atom. The Balaban J connectivity index is 4.78. The lowest BCUT2D eigenvalue weighted by Gasteiger charge is -1.92. The molecule has 0 fully saturated rings. The maximum Gasteiger partial charge on any atom is 0.367 e. The molecule has 0 aliphatic heterocycles. The Morgan fingerprint density at radius 2 is 1.83 bits per heavy atom. The molecule has 0 aliphatic carbocycles. The van der Waals surface area contributed by atoms with Gasteiger partial charge in [0.25, 0.3) is 0 Å². The van der Waals surface area contributed by atoms with E-state index < -0.39 is 23.4 Å². The molecule has 0 aromatic carbocycles. The third kappa shape index (κ3) is 2.77. The van der Waals surface area contributed by atoms with Crippen LogP contribution in [0.3, 0.4) is 0 Å². The summed E-state index contributed by atoms with van der Waals surface area (Å²) in [7, 11) is 0. The van der Waals surface area contributed by atoms with Crippen molar-refractivity contribution in [3.05, 3.63) is 23.6 Å². The maximum absolute atomic E-state index is 12.3. The molecular formula is C7H7F3O2. The molecule has 0 bridgehead atoms. The average molecular weight is 180 g/mol. The normalized spacial score (nSPS) is 14.2. The van der Waals surface area contributed by atoms with Crippen LogP contribution in [-0.2, 0) is 4.79 Å². The molecule has 0 aromatic heterocycles. The van der Waals surface area contributed by atoms with Crippen molar-refractivity contribution in [2.45, 2.75) is 13.3 Å². The first kappa shape index (κ1) is 10.7. The molecule has 12 heavy (non-hydrogen) atoms. The molecule has 0 spiro atoms. The quantitative estimate of drug-likeness (QED) is 0.535. The first-order valence-corrected chi connectivity index (χ1v) is 3.15. The molecule has 0 saturated heterocycles. The van der Waals surface area contributed by atoms with E-state index in [4.69, 9.17) is 5.11 Å². The summed E-state index contributed by atoms with van der Waals surface area (Å²) in [5.74, 6) is -7.69. The van der Waals surface area contributed by atoms with Gasteiger partial charge in [-0.3, -0.25) is 0 Å². The molecule has 1 N–H and O–H groups in total. The summed E-state index contributed by atoms with van der Waals surface area (Å²) >= 11 is 0. The minimum Gasteiger partial charge on any atom is -0.476 e. The molecule has 0 aromatic rings. The van der Waals surface area contributed by atoms with Crippen LogP contribution < -0.4 is 0 Å². The molecule has 0 aliphatic rings. The maximum atomic E-state index is 12.3. The van der Waals surface area contributed by atoms with Gasteiger partial charge in [-0.2, -0.15) is 4.39 Å². The van der Waals surface area contributed by atoms with Crippen molar-refractivity contribution < 1.29 is 23.1 Å². The number of carboxylic acid groups (broad SMARTS) is 1. The zero-order valence-electron chi connectivity index (χ0n) is 6.27. The van der Waals surface area contributed by atoms with Crippen LogP contribution in [0.5, 0.6) is 0 Å². The second-order valence-corrected chi connectivity index (χ2v) is 1.89. The zero-order valence-corrected chi connectivity index (χ0v) is 6.27. The van der Waals surface area contributed by atoms with Gasteiger partial charge in [0.1, 0.15) is 0 Å². The highest BCUT2D eigenvalue weighted by Crippen LogP contribution is 2.19. The SMILES string of the molecule is CC/C=C(F)/C(F)=C(/F)C(=O)O. The standard InChI is InChI=1S/C7H7F3O2/c1-2-3-4(8)5(9)6(10)7(11)12/h3H,2H2,1H3,(H,11,12)/b4-3-,6-5-. The van der Waals surface area contributed by atoms with Crippen molar-refractivity contribution in [3.8, 4) is 0 Å². The van der Waals surface area contributed by atoms with Crippen molar-refractivity contribution in [3.63, 3.8) is 0 Å². The first-order chi connectivity index (χ1) is 5.50. The second-order valence-electron chi connectivity index (χ2n) is 1.89. The van der Waals surface area contributed by atoms with E-state index in [0.29, 0.717) is 0 Å². The van der Waals surface area contributed by atoms with Gasteiger partial charge in [-0.15, -0.1) is 0 Å². The summed E-state index contributed by atoms with van der Waals surface area (Å²) in [5.41, 5.74) is 0. The van der Waals surface area contributed by atoms with E-state index in [-0.39, 0.29) is 6.42 Å². The third-order valence-corrected chi connectivity index (χ3v) is 0.973. The number of rotatable bonds is 3. The molecule has 0 unspecified atom stereocenters. The largest absolute Gasteiger partial charge is 0.476 e. The summed E-state index contributed by atoms with van der Waals surface area (Å²) < 4.78 is 36.8. The van der Waals surface area contributed by atoms with E-state index in [9.17, 15) is 18.0 Å². The van der Waals surface area contributed by atoms with Gasteiger partial charge in [-0.1, -0.05) is 6.92 Å². The van der Waals surface area contributed by atoms with Crippen LogP contribution >= 0.6 is 0 Å². The predicted octanol–water partition coefficient (Wildman–Crippen LogP) is 2.49. The minimum atomic E-state index is -2.12. The molecular weight excluding hydrogens is 173 g/mol. The molecule has 2 nitrogen and oxygen atoms in total. The van der Waals surface area contributed by atoms with Crippen LogP contribution in [0.15, 0.2) is 23.6 Å². The molecule has 0 radical (unpaired) electrons. The zero-order chi connectivity index (χ0) is 9.72. The number of allylic oxidation sites excluding steroid dienone is 3. The number of hydrogen-bond donors (Lipinski definition) is 1. The number of aliphatic carboxylic acids is 1. The van der Waals surface area contributed by atoms with Crippen molar-refractivity contribution in [2.75, 3.05) is 0 Å². The lowest BCUT2D eigenvalue weighted by atomic mass is 10.3. The number of carbonyl (C=O) groups is 1. The van der Waals surface area contributed by atoms with Gasteiger partial charge in [0, 0.05) is 0 Å². The molecule has 68 valence electrons. The van der Waals surface area contributed by atoms with E-state index in [1.54, 1.807) is 0 Å². The van der Waals surface area contributed by atoms with Crippen LogP contribution in [0, 0.1) is 0 Å².